The van der Waals surface area contributed by atoms with Gasteiger partial charge in [-0.25, -0.2) is 4.79 Å². The summed E-state index contributed by atoms with van der Waals surface area (Å²) in [5.41, 5.74) is 1.14. The summed E-state index contributed by atoms with van der Waals surface area (Å²) in [6, 6.07) is 23.2. The summed E-state index contributed by atoms with van der Waals surface area (Å²) in [5.74, 6) is -2.58. The molecule has 0 bridgehead atoms. The average Bonchev–Trinajstić information content (AvgIpc) is 2.87. The Bertz CT molecular complexity index is 1120. The number of carbonyl (C=O) groups is 4. The fourth-order valence-corrected chi connectivity index (χ4v) is 3.30. The second-order valence-electron chi connectivity index (χ2n) is 7.58. The number of carboxylic acids is 1. The average molecular weight is 460 g/mol. The Balaban J connectivity index is 1.73. The van der Waals surface area contributed by atoms with Crippen molar-refractivity contribution in [2.45, 2.75) is 18.5 Å². The number of rotatable bonds is 10. The Labute approximate surface area is 197 Å². The van der Waals surface area contributed by atoms with E-state index in [0.717, 1.165) is 0 Å². The number of amides is 3. The number of benzene rings is 3. The molecule has 2 atom stereocenters. The van der Waals surface area contributed by atoms with Crippen molar-refractivity contribution in [3.05, 3.63) is 108 Å². The van der Waals surface area contributed by atoms with Gasteiger partial charge in [-0.05, 0) is 36.4 Å². The first-order valence-corrected chi connectivity index (χ1v) is 10.7. The lowest BCUT2D eigenvalue weighted by Crippen LogP contribution is -2.50. The van der Waals surface area contributed by atoms with Crippen LogP contribution in [-0.4, -0.2) is 47.4 Å². The maximum atomic E-state index is 12.7. The summed E-state index contributed by atoms with van der Waals surface area (Å²) < 4.78 is 0. The van der Waals surface area contributed by atoms with Crippen molar-refractivity contribution in [1.29, 1.82) is 0 Å². The molecule has 0 aromatic heterocycles. The lowest BCUT2D eigenvalue weighted by molar-refractivity contribution is -0.139. The summed E-state index contributed by atoms with van der Waals surface area (Å²) in [6.45, 7) is -0.0305. The van der Waals surface area contributed by atoms with Gasteiger partial charge in [0.1, 0.15) is 6.04 Å². The topological polar surface area (TPSA) is 125 Å². The number of hydrogen-bond acceptors (Lipinski definition) is 4. The third-order valence-corrected chi connectivity index (χ3v) is 5.08. The highest BCUT2D eigenvalue weighted by Crippen LogP contribution is 2.07. The smallest absolute Gasteiger partial charge is 0.326 e. The van der Waals surface area contributed by atoms with Crippen LogP contribution in [0.2, 0.25) is 0 Å². The van der Waals surface area contributed by atoms with Crippen molar-refractivity contribution in [3.63, 3.8) is 0 Å². The fraction of sp³-hybridized carbons (Fsp3) is 0.154. The Morgan fingerprint density at radius 2 is 1.03 bits per heavy atom. The van der Waals surface area contributed by atoms with Crippen molar-refractivity contribution in [2.75, 3.05) is 6.54 Å². The van der Waals surface area contributed by atoms with Crippen molar-refractivity contribution in [2.24, 2.45) is 0 Å². The van der Waals surface area contributed by atoms with Gasteiger partial charge < -0.3 is 21.1 Å². The van der Waals surface area contributed by atoms with Gasteiger partial charge in [-0.15, -0.1) is 0 Å². The van der Waals surface area contributed by atoms with Crippen LogP contribution < -0.4 is 16.0 Å². The van der Waals surface area contributed by atoms with E-state index in [2.05, 4.69) is 16.0 Å². The Morgan fingerprint density at radius 3 is 1.47 bits per heavy atom. The van der Waals surface area contributed by atoms with Gasteiger partial charge in [0.25, 0.3) is 17.7 Å². The van der Waals surface area contributed by atoms with Crippen LogP contribution in [0.3, 0.4) is 0 Å². The van der Waals surface area contributed by atoms with E-state index < -0.39 is 29.9 Å². The quantitative estimate of drug-likeness (QED) is 0.371. The SMILES string of the molecule is O=C(NCC(CC(NC(=O)c1ccccc1)C(=O)O)NC(=O)c1ccccc1)c1ccccc1. The van der Waals surface area contributed by atoms with Gasteiger partial charge >= 0.3 is 5.97 Å². The van der Waals surface area contributed by atoms with Gasteiger partial charge in [0.15, 0.2) is 0 Å². The van der Waals surface area contributed by atoms with Crippen molar-refractivity contribution in [1.82, 2.24) is 16.0 Å². The largest absolute Gasteiger partial charge is 0.480 e. The molecule has 0 aliphatic carbocycles. The van der Waals surface area contributed by atoms with Crippen LogP contribution in [0.5, 0.6) is 0 Å². The second-order valence-corrected chi connectivity index (χ2v) is 7.58. The van der Waals surface area contributed by atoms with Crippen LogP contribution in [-0.2, 0) is 4.79 Å². The zero-order valence-corrected chi connectivity index (χ0v) is 18.3. The van der Waals surface area contributed by atoms with E-state index >= 15 is 0 Å². The van der Waals surface area contributed by atoms with E-state index in [0.29, 0.717) is 16.7 Å². The van der Waals surface area contributed by atoms with Gasteiger partial charge in [0, 0.05) is 35.7 Å². The van der Waals surface area contributed by atoms with Gasteiger partial charge in [-0.2, -0.15) is 0 Å². The Kier molecular flexibility index (Phi) is 8.51. The molecule has 0 radical (unpaired) electrons. The fourth-order valence-electron chi connectivity index (χ4n) is 3.30. The standard InChI is InChI=1S/C26H25N3O5/c30-23(18-10-4-1-5-11-18)27-17-21(28-24(31)19-12-6-2-7-13-19)16-22(26(33)34)29-25(32)20-14-8-3-9-15-20/h1-15,21-22H,16-17H2,(H,27,30)(H,28,31)(H,29,32)(H,33,34). The van der Waals surface area contributed by atoms with E-state index in [9.17, 15) is 24.3 Å². The number of hydrogen-bond donors (Lipinski definition) is 4. The first kappa shape index (κ1) is 24.2. The molecule has 3 aromatic carbocycles. The molecular weight excluding hydrogens is 434 g/mol. The first-order chi connectivity index (χ1) is 16.4. The summed E-state index contributed by atoms with van der Waals surface area (Å²) in [6.07, 6.45) is -0.137. The molecule has 174 valence electrons. The first-order valence-electron chi connectivity index (χ1n) is 10.7. The predicted molar refractivity (Wildman–Crippen MR) is 126 cm³/mol. The van der Waals surface area contributed by atoms with E-state index in [-0.39, 0.29) is 18.9 Å². The highest BCUT2D eigenvalue weighted by atomic mass is 16.4. The zero-order valence-electron chi connectivity index (χ0n) is 18.3. The molecule has 8 nitrogen and oxygen atoms in total. The minimum Gasteiger partial charge on any atom is -0.480 e. The maximum absolute atomic E-state index is 12.7. The lowest BCUT2D eigenvalue weighted by atomic mass is 10.0. The number of nitrogens with one attached hydrogen (secondary N) is 3. The highest BCUT2D eigenvalue weighted by Gasteiger charge is 2.26. The molecule has 34 heavy (non-hydrogen) atoms. The molecule has 0 spiro atoms. The van der Waals surface area contributed by atoms with Crippen LogP contribution in [0, 0.1) is 0 Å². The number of carbonyl (C=O) groups excluding carboxylic acids is 3. The molecule has 0 aliphatic heterocycles. The van der Waals surface area contributed by atoms with Crippen LogP contribution in [0.15, 0.2) is 91.0 Å². The van der Waals surface area contributed by atoms with Crippen LogP contribution in [0.25, 0.3) is 0 Å². The normalized spacial score (nSPS) is 12.1. The number of aliphatic carboxylic acids is 1. The molecular formula is C26H25N3O5. The maximum Gasteiger partial charge on any atom is 0.326 e. The molecule has 3 amide bonds. The third kappa shape index (κ3) is 7.03. The minimum absolute atomic E-state index is 0.0305. The molecule has 8 heteroatoms. The van der Waals surface area contributed by atoms with Gasteiger partial charge in [0.2, 0.25) is 0 Å². The van der Waals surface area contributed by atoms with Gasteiger partial charge in [0.05, 0.1) is 0 Å². The minimum atomic E-state index is -1.29. The van der Waals surface area contributed by atoms with Crippen molar-refractivity contribution >= 4 is 23.7 Å². The molecule has 2 unspecified atom stereocenters. The zero-order chi connectivity index (χ0) is 24.3. The molecule has 0 fully saturated rings. The molecule has 3 rings (SSSR count). The summed E-state index contributed by atoms with van der Waals surface area (Å²) in [5, 5.41) is 17.7. The van der Waals surface area contributed by atoms with E-state index in [1.54, 1.807) is 91.0 Å². The van der Waals surface area contributed by atoms with E-state index in [1.165, 1.54) is 0 Å². The van der Waals surface area contributed by atoms with Gasteiger partial charge in [-0.3, -0.25) is 14.4 Å². The van der Waals surface area contributed by atoms with Crippen LogP contribution in [0.1, 0.15) is 37.5 Å². The van der Waals surface area contributed by atoms with Gasteiger partial charge in [-0.1, -0.05) is 54.6 Å². The molecule has 0 aliphatic rings. The van der Waals surface area contributed by atoms with Crippen LogP contribution in [0.4, 0.5) is 0 Å². The van der Waals surface area contributed by atoms with Crippen molar-refractivity contribution < 1.29 is 24.3 Å². The third-order valence-electron chi connectivity index (χ3n) is 5.08. The molecule has 0 heterocycles. The van der Waals surface area contributed by atoms with E-state index in [4.69, 9.17) is 0 Å². The molecule has 3 aromatic rings. The Hall–Kier alpha value is -4.46. The second kappa shape index (κ2) is 12.0. The summed E-state index contributed by atoms with van der Waals surface area (Å²) in [7, 11) is 0. The van der Waals surface area contributed by atoms with Crippen LogP contribution >= 0.6 is 0 Å². The molecule has 0 saturated carbocycles. The monoisotopic (exact) mass is 459 g/mol. The highest BCUT2D eigenvalue weighted by molar-refractivity contribution is 5.97. The van der Waals surface area contributed by atoms with Crippen molar-refractivity contribution in [3.8, 4) is 0 Å². The predicted octanol–water partition coefficient (Wildman–Crippen LogP) is 2.49. The molecule has 0 saturated heterocycles. The summed E-state index contributed by atoms with van der Waals surface area (Å²) in [4.78, 5) is 49.6. The summed E-state index contributed by atoms with van der Waals surface area (Å²) >= 11 is 0. The Morgan fingerprint density at radius 1 is 0.618 bits per heavy atom. The molecule has 4 N–H and O–H groups in total. The lowest BCUT2D eigenvalue weighted by Gasteiger charge is -2.23. The number of carboxylic acid groups (broad SMARTS) is 1. The van der Waals surface area contributed by atoms with E-state index in [1.807, 2.05) is 0 Å².